The summed E-state index contributed by atoms with van der Waals surface area (Å²) in [6.45, 7) is 6.84. The van der Waals surface area contributed by atoms with E-state index in [1.54, 1.807) is 0 Å². The summed E-state index contributed by atoms with van der Waals surface area (Å²) in [7, 11) is 4.05. The van der Waals surface area contributed by atoms with Gasteiger partial charge in [0.05, 0.1) is 0 Å². The molecular weight excluding hydrogens is 358 g/mol. The van der Waals surface area contributed by atoms with Crippen LogP contribution in [0.2, 0.25) is 0 Å². The van der Waals surface area contributed by atoms with E-state index in [-0.39, 0.29) is 5.91 Å². The third-order valence-electron chi connectivity index (χ3n) is 6.16. The van der Waals surface area contributed by atoms with Crippen LogP contribution in [0.15, 0.2) is 54.6 Å². The molecule has 4 heteroatoms. The Balaban J connectivity index is 1.63. The number of nitrogens with zero attached hydrogens (tertiary/aromatic N) is 2. The predicted molar refractivity (Wildman–Crippen MR) is 122 cm³/mol. The zero-order chi connectivity index (χ0) is 20.9. The van der Waals surface area contributed by atoms with Gasteiger partial charge in [0.1, 0.15) is 5.54 Å². The maximum Gasteiger partial charge on any atom is 0.244 e. The lowest BCUT2D eigenvalue weighted by atomic mass is 9.85. The van der Waals surface area contributed by atoms with Gasteiger partial charge in [0, 0.05) is 25.3 Å². The highest BCUT2D eigenvalue weighted by Gasteiger charge is 2.43. The molecule has 0 aromatic heterocycles. The van der Waals surface area contributed by atoms with Crippen LogP contribution in [0, 0.1) is 13.8 Å². The fourth-order valence-corrected chi connectivity index (χ4v) is 4.13. The molecule has 0 atom stereocenters. The molecular formula is C25H33N3O. The first-order chi connectivity index (χ1) is 13.9. The van der Waals surface area contributed by atoms with Gasteiger partial charge in [-0.15, -0.1) is 0 Å². The number of para-hydroxylation sites is 1. The summed E-state index contributed by atoms with van der Waals surface area (Å²) in [5.74, 6) is 0.111. The van der Waals surface area contributed by atoms with Gasteiger partial charge in [-0.25, -0.2) is 0 Å². The molecule has 0 unspecified atom stereocenters. The minimum Gasteiger partial charge on any atom is -0.324 e. The molecule has 29 heavy (non-hydrogen) atoms. The number of carbonyl (C=O) groups excluding carboxylic acids is 1. The second kappa shape index (κ2) is 9.38. The molecule has 0 radical (unpaired) electrons. The molecule has 0 bridgehead atoms. The molecule has 0 saturated carbocycles. The maximum atomic E-state index is 13.4. The number of likely N-dealkylation sites (tertiary alicyclic amines) is 1. The summed E-state index contributed by atoms with van der Waals surface area (Å²) in [5, 5.41) is 3.24. The van der Waals surface area contributed by atoms with E-state index in [2.05, 4.69) is 51.5 Å². The molecule has 2 aromatic carbocycles. The van der Waals surface area contributed by atoms with Crippen molar-refractivity contribution in [2.24, 2.45) is 0 Å². The van der Waals surface area contributed by atoms with Gasteiger partial charge in [0.2, 0.25) is 5.91 Å². The van der Waals surface area contributed by atoms with E-state index in [4.69, 9.17) is 0 Å². The molecule has 1 aliphatic rings. The highest BCUT2D eigenvalue weighted by molar-refractivity contribution is 5.99. The van der Waals surface area contributed by atoms with Gasteiger partial charge >= 0.3 is 0 Å². The van der Waals surface area contributed by atoms with Crippen LogP contribution < -0.4 is 5.32 Å². The van der Waals surface area contributed by atoms with Crippen LogP contribution in [0.4, 0.5) is 5.69 Å². The number of rotatable bonds is 6. The van der Waals surface area contributed by atoms with Crippen molar-refractivity contribution in [2.75, 3.05) is 39.0 Å². The van der Waals surface area contributed by atoms with E-state index >= 15 is 0 Å². The summed E-state index contributed by atoms with van der Waals surface area (Å²) < 4.78 is 0. The molecule has 0 spiro atoms. The zero-order valence-corrected chi connectivity index (χ0v) is 18.1. The van der Waals surface area contributed by atoms with Gasteiger partial charge in [-0.05, 0) is 57.5 Å². The molecule has 4 nitrogen and oxygen atoms in total. The highest BCUT2D eigenvalue weighted by Crippen LogP contribution is 2.30. The lowest BCUT2D eigenvalue weighted by molar-refractivity contribution is -0.129. The normalized spacial score (nSPS) is 17.0. The topological polar surface area (TPSA) is 35.6 Å². The van der Waals surface area contributed by atoms with E-state index in [9.17, 15) is 4.79 Å². The molecule has 1 N–H and O–H groups in total. The first-order valence-corrected chi connectivity index (χ1v) is 10.4. The number of likely N-dealkylation sites (N-methyl/N-ethyl adjacent to an activating group) is 1. The smallest absolute Gasteiger partial charge is 0.244 e. The van der Waals surface area contributed by atoms with Crippen LogP contribution in [0.5, 0.6) is 0 Å². The average Bonchev–Trinajstić information content (AvgIpc) is 2.72. The Morgan fingerprint density at radius 1 is 1.03 bits per heavy atom. The van der Waals surface area contributed by atoms with Crippen molar-refractivity contribution in [1.29, 1.82) is 0 Å². The zero-order valence-electron chi connectivity index (χ0n) is 18.1. The Labute approximate surface area is 175 Å². The molecule has 1 amide bonds. The number of aryl methyl sites for hydroxylation is 2. The Hall–Kier alpha value is -2.43. The number of amides is 1. The number of carbonyl (C=O) groups is 1. The number of piperidine rings is 1. The fourth-order valence-electron chi connectivity index (χ4n) is 4.13. The van der Waals surface area contributed by atoms with Gasteiger partial charge < -0.3 is 5.32 Å². The van der Waals surface area contributed by atoms with Gasteiger partial charge in [-0.1, -0.05) is 60.7 Å². The number of hydrogen-bond acceptors (Lipinski definition) is 3. The number of anilines is 1. The third kappa shape index (κ3) is 4.95. The largest absolute Gasteiger partial charge is 0.324 e. The van der Waals surface area contributed by atoms with Crippen molar-refractivity contribution in [3.63, 3.8) is 0 Å². The van der Waals surface area contributed by atoms with E-state index in [1.165, 1.54) is 5.56 Å². The average molecular weight is 392 g/mol. The fraction of sp³-hybridized carbons (Fsp3) is 0.400. The lowest BCUT2D eigenvalue weighted by Crippen LogP contribution is -2.59. The monoisotopic (exact) mass is 391 g/mol. The molecule has 1 heterocycles. The van der Waals surface area contributed by atoms with Gasteiger partial charge in [0.25, 0.3) is 0 Å². The molecule has 1 fully saturated rings. The summed E-state index contributed by atoms with van der Waals surface area (Å²) in [6, 6.07) is 16.5. The van der Waals surface area contributed by atoms with Crippen LogP contribution in [-0.4, -0.2) is 55.0 Å². The van der Waals surface area contributed by atoms with Crippen molar-refractivity contribution >= 4 is 17.7 Å². The number of nitrogens with one attached hydrogen (secondary N) is 1. The second-order valence-electron chi connectivity index (χ2n) is 8.26. The van der Waals surface area contributed by atoms with Crippen molar-refractivity contribution in [1.82, 2.24) is 9.80 Å². The van der Waals surface area contributed by atoms with Crippen molar-refractivity contribution in [2.45, 2.75) is 32.2 Å². The molecule has 2 aromatic rings. The first-order valence-electron chi connectivity index (χ1n) is 10.4. The molecule has 1 saturated heterocycles. The SMILES string of the molecule is Cc1cccc(C)c1NC(=O)C1(N(C)C)CCN(CC=Cc2ccccc2)CC1. The quantitative estimate of drug-likeness (QED) is 0.795. The van der Waals surface area contributed by atoms with Crippen molar-refractivity contribution in [3.05, 3.63) is 71.3 Å². The van der Waals surface area contributed by atoms with Crippen LogP contribution in [0.25, 0.3) is 6.08 Å². The van der Waals surface area contributed by atoms with Crippen LogP contribution >= 0.6 is 0 Å². The number of benzene rings is 2. The summed E-state index contributed by atoms with van der Waals surface area (Å²) in [5.41, 5.74) is 3.92. The standard InChI is InChI=1S/C25H33N3O/c1-20-10-8-11-21(2)23(20)26-24(29)25(27(3)4)15-18-28(19-16-25)17-9-14-22-12-6-5-7-13-22/h5-14H,15-19H2,1-4H3,(H,26,29). The third-order valence-corrected chi connectivity index (χ3v) is 6.16. The summed E-state index contributed by atoms with van der Waals surface area (Å²) >= 11 is 0. The van der Waals surface area contributed by atoms with E-state index in [1.807, 2.05) is 52.2 Å². The minimum atomic E-state index is -0.464. The number of hydrogen-bond donors (Lipinski definition) is 1. The lowest BCUT2D eigenvalue weighted by Gasteiger charge is -2.44. The first kappa shape index (κ1) is 21.3. The van der Waals surface area contributed by atoms with E-state index in [0.29, 0.717) is 0 Å². The molecule has 0 aliphatic carbocycles. The van der Waals surface area contributed by atoms with Crippen LogP contribution in [0.3, 0.4) is 0 Å². The van der Waals surface area contributed by atoms with Gasteiger partial charge in [0.15, 0.2) is 0 Å². The molecule has 154 valence electrons. The summed E-state index contributed by atoms with van der Waals surface area (Å²) in [4.78, 5) is 17.9. The minimum absolute atomic E-state index is 0.111. The van der Waals surface area contributed by atoms with Crippen LogP contribution in [-0.2, 0) is 4.79 Å². The maximum absolute atomic E-state index is 13.4. The summed E-state index contributed by atoms with van der Waals surface area (Å²) in [6.07, 6.45) is 6.04. The molecule has 3 rings (SSSR count). The Morgan fingerprint density at radius 2 is 1.66 bits per heavy atom. The van der Waals surface area contributed by atoms with Gasteiger partial charge in [-0.2, -0.15) is 0 Å². The second-order valence-corrected chi connectivity index (χ2v) is 8.26. The van der Waals surface area contributed by atoms with Crippen LogP contribution in [0.1, 0.15) is 29.5 Å². The van der Waals surface area contributed by atoms with E-state index in [0.717, 1.165) is 49.3 Å². The predicted octanol–water partition coefficient (Wildman–Crippen LogP) is 4.35. The highest BCUT2D eigenvalue weighted by atomic mass is 16.2. The molecule has 1 aliphatic heterocycles. The van der Waals surface area contributed by atoms with Crippen molar-refractivity contribution in [3.8, 4) is 0 Å². The Bertz CT molecular complexity index is 829. The van der Waals surface area contributed by atoms with E-state index < -0.39 is 5.54 Å². The Kier molecular flexibility index (Phi) is 6.88. The van der Waals surface area contributed by atoms with Crippen molar-refractivity contribution < 1.29 is 4.79 Å². The Morgan fingerprint density at radius 3 is 2.24 bits per heavy atom. The van der Waals surface area contributed by atoms with Gasteiger partial charge in [-0.3, -0.25) is 14.6 Å².